The van der Waals surface area contributed by atoms with E-state index in [-0.39, 0.29) is 11.1 Å². The fourth-order valence-corrected chi connectivity index (χ4v) is 4.23. The van der Waals surface area contributed by atoms with Gasteiger partial charge in [0, 0.05) is 10.4 Å². The van der Waals surface area contributed by atoms with Gasteiger partial charge in [-0.1, -0.05) is 6.92 Å². The molecule has 0 bridgehead atoms. The third-order valence-corrected chi connectivity index (χ3v) is 5.15. The molecule has 0 saturated carbocycles. The van der Waals surface area contributed by atoms with Crippen molar-refractivity contribution in [3.05, 3.63) is 26.6 Å². The Balaban J connectivity index is 1.99. The Morgan fingerprint density at radius 1 is 1.43 bits per heavy atom. The first-order valence-corrected chi connectivity index (χ1v) is 8.43. The fraction of sp³-hybridized carbons (Fsp3) is 0.625. The van der Waals surface area contributed by atoms with Gasteiger partial charge in [0.1, 0.15) is 10.7 Å². The van der Waals surface area contributed by atoms with E-state index < -0.39 is 0 Å². The summed E-state index contributed by atoms with van der Waals surface area (Å²) >= 11 is 1.71. The number of nitrogens with one attached hydrogen (secondary N) is 2. The second-order valence-electron chi connectivity index (χ2n) is 7.15. The van der Waals surface area contributed by atoms with Crippen LogP contribution in [-0.2, 0) is 19.4 Å². The number of aromatic nitrogens is 2. The number of rotatable bonds is 2. The second kappa shape index (κ2) is 5.21. The minimum atomic E-state index is 0.0116. The number of H-pyrrole nitrogens is 1. The second-order valence-corrected chi connectivity index (χ2v) is 8.23. The predicted molar refractivity (Wildman–Crippen MR) is 88.0 cm³/mol. The molecular formula is C16H23N3OS. The highest BCUT2D eigenvalue weighted by atomic mass is 32.1. The van der Waals surface area contributed by atoms with E-state index in [1.165, 1.54) is 16.9 Å². The predicted octanol–water partition coefficient (Wildman–Crippen LogP) is 3.00. The highest BCUT2D eigenvalue weighted by Crippen LogP contribution is 2.35. The van der Waals surface area contributed by atoms with Crippen LogP contribution in [0.25, 0.3) is 10.2 Å². The lowest BCUT2D eigenvalue weighted by molar-refractivity contribution is 0.418. The lowest BCUT2D eigenvalue weighted by Gasteiger charge is -2.19. The molecule has 114 valence electrons. The fourth-order valence-electron chi connectivity index (χ4n) is 2.83. The van der Waals surface area contributed by atoms with Gasteiger partial charge in [0.05, 0.1) is 11.9 Å². The molecule has 0 aliphatic heterocycles. The maximum atomic E-state index is 12.4. The summed E-state index contributed by atoms with van der Waals surface area (Å²) in [6.07, 6.45) is 3.28. The van der Waals surface area contributed by atoms with Gasteiger partial charge in [-0.3, -0.25) is 4.79 Å². The summed E-state index contributed by atoms with van der Waals surface area (Å²) in [6.45, 7) is 9.19. The maximum Gasteiger partial charge on any atom is 0.259 e. The van der Waals surface area contributed by atoms with Crippen molar-refractivity contribution in [2.75, 3.05) is 0 Å². The van der Waals surface area contributed by atoms with Crippen LogP contribution in [0.3, 0.4) is 0 Å². The van der Waals surface area contributed by atoms with Crippen LogP contribution in [0.5, 0.6) is 0 Å². The molecule has 0 saturated heterocycles. The molecule has 21 heavy (non-hydrogen) atoms. The molecule has 0 radical (unpaired) electrons. The van der Waals surface area contributed by atoms with Crippen molar-refractivity contribution in [2.45, 2.75) is 59.0 Å². The summed E-state index contributed by atoms with van der Waals surface area (Å²) in [7, 11) is 0. The third kappa shape index (κ3) is 3.04. The molecule has 0 aromatic carbocycles. The summed E-state index contributed by atoms with van der Waals surface area (Å²) in [5.74, 6) is 1.45. The van der Waals surface area contributed by atoms with Crippen LogP contribution in [0.1, 0.15) is 50.4 Å². The molecule has 3 rings (SSSR count). The Morgan fingerprint density at radius 2 is 2.19 bits per heavy atom. The lowest BCUT2D eigenvalue weighted by atomic mass is 9.89. The summed E-state index contributed by atoms with van der Waals surface area (Å²) in [4.78, 5) is 22.3. The Morgan fingerprint density at radius 3 is 2.90 bits per heavy atom. The van der Waals surface area contributed by atoms with Crippen molar-refractivity contribution in [1.82, 2.24) is 15.3 Å². The number of thiophene rings is 1. The van der Waals surface area contributed by atoms with Crippen molar-refractivity contribution in [3.63, 3.8) is 0 Å². The molecule has 5 heteroatoms. The summed E-state index contributed by atoms with van der Waals surface area (Å²) in [6, 6.07) is 0. The molecule has 2 aromatic heterocycles. The van der Waals surface area contributed by atoms with E-state index in [1.807, 2.05) is 0 Å². The average Bonchev–Trinajstić information content (AvgIpc) is 2.73. The first-order valence-electron chi connectivity index (χ1n) is 7.62. The van der Waals surface area contributed by atoms with Crippen molar-refractivity contribution in [1.29, 1.82) is 0 Å². The van der Waals surface area contributed by atoms with E-state index in [0.29, 0.717) is 12.5 Å². The van der Waals surface area contributed by atoms with Crippen molar-refractivity contribution in [3.8, 4) is 0 Å². The van der Waals surface area contributed by atoms with Crippen molar-refractivity contribution >= 4 is 21.6 Å². The molecular weight excluding hydrogens is 282 g/mol. The van der Waals surface area contributed by atoms with Crippen LogP contribution in [-0.4, -0.2) is 15.5 Å². The number of aryl methyl sites for hydroxylation is 1. The highest BCUT2D eigenvalue weighted by molar-refractivity contribution is 7.18. The Labute approximate surface area is 129 Å². The van der Waals surface area contributed by atoms with Gasteiger partial charge in [-0.05, 0) is 51.5 Å². The topological polar surface area (TPSA) is 57.8 Å². The first-order chi connectivity index (χ1) is 9.83. The Kier molecular flexibility index (Phi) is 3.66. The van der Waals surface area contributed by atoms with Gasteiger partial charge in [0.2, 0.25) is 0 Å². The first kappa shape index (κ1) is 14.7. The van der Waals surface area contributed by atoms with Crippen LogP contribution in [0, 0.1) is 5.92 Å². The molecule has 1 aliphatic rings. The SMILES string of the molecule is CC1CCc2c(sc3nc(CNC(C)(C)C)[nH]c(=O)c23)C1. The van der Waals surface area contributed by atoms with Gasteiger partial charge in [-0.15, -0.1) is 11.3 Å². The van der Waals surface area contributed by atoms with Crippen molar-refractivity contribution in [2.24, 2.45) is 5.92 Å². The standard InChI is InChI=1S/C16H23N3OS/c1-9-5-6-10-11(7-9)21-15-13(10)14(20)18-12(19-15)8-17-16(2,3)4/h9,17H,5-8H2,1-4H3,(H,18,19,20). The highest BCUT2D eigenvalue weighted by Gasteiger charge is 2.23. The number of nitrogens with zero attached hydrogens (tertiary/aromatic N) is 1. The smallest absolute Gasteiger partial charge is 0.259 e. The molecule has 1 atom stereocenters. The minimum Gasteiger partial charge on any atom is -0.309 e. The quantitative estimate of drug-likeness (QED) is 0.897. The molecule has 0 amide bonds. The zero-order valence-electron chi connectivity index (χ0n) is 13.2. The van der Waals surface area contributed by atoms with Gasteiger partial charge in [-0.2, -0.15) is 0 Å². The zero-order chi connectivity index (χ0) is 15.2. The molecule has 4 nitrogen and oxygen atoms in total. The van der Waals surface area contributed by atoms with Crippen LogP contribution >= 0.6 is 11.3 Å². The van der Waals surface area contributed by atoms with Gasteiger partial charge < -0.3 is 10.3 Å². The number of fused-ring (bicyclic) bond motifs is 3. The molecule has 1 aliphatic carbocycles. The summed E-state index contributed by atoms with van der Waals surface area (Å²) in [5, 5.41) is 4.21. The summed E-state index contributed by atoms with van der Waals surface area (Å²) in [5.41, 5.74) is 1.28. The largest absolute Gasteiger partial charge is 0.309 e. The Bertz CT molecular complexity index is 723. The molecule has 2 N–H and O–H groups in total. The van der Waals surface area contributed by atoms with Gasteiger partial charge in [0.25, 0.3) is 5.56 Å². The Hall–Kier alpha value is -1.20. The van der Waals surface area contributed by atoms with E-state index in [9.17, 15) is 4.79 Å². The lowest BCUT2D eigenvalue weighted by Crippen LogP contribution is -2.36. The molecule has 1 unspecified atom stereocenters. The van der Waals surface area contributed by atoms with Gasteiger partial charge >= 0.3 is 0 Å². The molecule has 0 spiro atoms. The number of hydrogen-bond acceptors (Lipinski definition) is 4. The van der Waals surface area contributed by atoms with Crippen LogP contribution < -0.4 is 10.9 Å². The maximum absolute atomic E-state index is 12.4. The normalized spacial score (nSPS) is 19.0. The monoisotopic (exact) mass is 305 g/mol. The van der Waals surface area contributed by atoms with Gasteiger partial charge in [-0.25, -0.2) is 4.98 Å². The molecule has 2 aromatic rings. The third-order valence-electron chi connectivity index (χ3n) is 4.00. The van der Waals surface area contributed by atoms with E-state index in [1.54, 1.807) is 11.3 Å². The summed E-state index contributed by atoms with van der Waals surface area (Å²) < 4.78 is 0. The molecule has 0 fully saturated rings. The molecule has 2 heterocycles. The van der Waals surface area contributed by atoms with Crippen LogP contribution in [0.15, 0.2) is 4.79 Å². The number of aromatic amines is 1. The van der Waals surface area contributed by atoms with E-state index in [2.05, 4.69) is 43.0 Å². The van der Waals surface area contributed by atoms with Crippen molar-refractivity contribution < 1.29 is 0 Å². The van der Waals surface area contributed by atoms with Crippen LogP contribution in [0.2, 0.25) is 0 Å². The van der Waals surface area contributed by atoms with Gasteiger partial charge in [0.15, 0.2) is 0 Å². The average molecular weight is 305 g/mol. The number of hydrogen-bond donors (Lipinski definition) is 2. The van der Waals surface area contributed by atoms with Crippen LogP contribution in [0.4, 0.5) is 0 Å². The van der Waals surface area contributed by atoms with E-state index >= 15 is 0 Å². The minimum absolute atomic E-state index is 0.0116. The van der Waals surface area contributed by atoms with E-state index in [0.717, 1.165) is 28.9 Å². The zero-order valence-corrected chi connectivity index (χ0v) is 14.0. The van der Waals surface area contributed by atoms with E-state index in [4.69, 9.17) is 0 Å².